The first-order chi connectivity index (χ1) is 8.73. The van der Waals surface area contributed by atoms with Crippen molar-refractivity contribution in [3.63, 3.8) is 0 Å². The molecule has 0 atom stereocenters. The van der Waals surface area contributed by atoms with Crippen LogP contribution in [-0.2, 0) is 9.36 Å². The lowest BCUT2D eigenvalue weighted by Gasteiger charge is -2.11. The van der Waals surface area contributed by atoms with E-state index in [1.165, 1.54) is 25.3 Å². The fourth-order valence-electron chi connectivity index (χ4n) is 1.49. The summed E-state index contributed by atoms with van der Waals surface area (Å²) in [5, 5.41) is 18.4. The smallest absolute Gasteiger partial charge is 0.329 e. The van der Waals surface area contributed by atoms with Crippen LogP contribution in [-0.4, -0.2) is 39.2 Å². The molecule has 8 heteroatoms. The third-order valence-electron chi connectivity index (χ3n) is 2.22. The van der Waals surface area contributed by atoms with Crippen LogP contribution in [0, 0.1) is 0 Å². The second-order valence-electron chi connectivity index (χ2n) is 3.71. The van der Waals surface area contributed by atoms with E-state index in [1.54, 1.807) is 0 Å². The van der Waals surface area contributed by atoms with Gasteiger partial charge in [-0.05, 0) is 17.7 Å². The predicted octanol–water partition coefficient (Wildman–Crippen LogP) is 1.05. The number of aliphatic carboxylic acids is 1. The molecule has 0 bridgehead atoms. The summed E-state index contributed by atoms with van der Waals surface area (Å²) in [6, 6.07) is 4.01. The average molecular weight is 288 g/mol. The van der Waals surface area contributed by atoms with E-state index in [1.807, 2.05) is 0 Å². The molecule has 0 heterocycles. The molecule has 1 aromatic carbocycles. The largest absolute Gasteiger partial charge is 0.507 e. The molecule has 0 aliphatic rings. The molecule has 4 N–H and O–H groups in total. The topological polar surface area (TPSA) is 124 Å². The molecule has 0 saturated heterocycles. The second kappa shape index (κ2) is 5.88. The highest BCUT2D eigenvalue weighted by Gasteiger charge is 2.20. The van der Waals surface area contributed by atoms with Crippen molar-refractivity contribution in [2.24, 2.45) is 0 Å². The molecule has 0 amide bonds. The number of allylic oxidation sites excluding steroid dienone is 1. The number of benzene rings is 1. The lowest BCUT2D eigenvalue weighted by atomic mass is 10.1. The van der Waals surface area contributed by atoms with Gasteiger partial charge in [-0.2, -0.15) is 0 Å². The number of phenols is 1. The number of hydrogen-bond acceptors (Lipinski definition) is 4. The van der Waals surface area contributed by atoms with Crippen molar-refractivity contribution >= 4 is 19.1 Å². The molecule has 1 aromatic rings. The summed E-state index contributed by atoms with van der Waals surface area (Å²) in [5.74, 6) is -1.34. The molecule has 0 spiro atoms. The molecule has 1 rings (SSSR count). The van der Waals surface area contributed by atoms with Crippen molar-refractivity contribution in [2.45, 2.75) is 0 Å². The zero-order chi connectivity index (χ0) is 14.6. The Kier molecular flexibility index (Phi) is 4.72. The van der Waals surface area contributed by atoms with Crippen molar-refractivity contribution < 1.29 is 34.1 Å². The Labute approximate surface area is 108 Å². The molecule has 19 heavy (non-hydrogen) atoms. The second-order valence-corrected chi connectivity index (χ2v) is 5.36. The standard InChI is InChI=1S/C11H13O7P/c1-18-8-2-3-9(10(12)5-8)7(4-11(13)14)6-19(15,16)17/h2-5,12H,6H2,1H3,(H,13,14)(H2,15,16,17). The minimum atomic E-state index is -4.46. The quantitative estimate of drug-likeness (QED) is 0.471. The predicted molar refractivity (Wildman–Crippen MR) is 67.2 cm³/mol. The van der Waals surface area contributed by atoms with Gasteiger partial charge in [-0.1, -0.05) is 0 Å². The number of rotatable bonds is 5. The number of carboxylic acids is 1. The molecule has 0 aliphatic heterocycles. The number of carbonyl (C=O) groups is 1. The molecule has 0 aromatic heterocycles. The van der Waals surface area contributed by atoms with Gasteiger partial charge < -0.3 is 24.7 Å². The number of carboxylic acid groups (broad SMARTS) is 1. The van der Waals surface area contributed by atoms with E-state index in [2.05, 4.69) is 0 Å². The lowest BCUT2D eigenvalue weighted by Crippen LogP contribution is -1.99. The molecule has 0 unspecified atom stereocenters. The zero-order valence-corrected chi connectivity index (χ0v) is 10.9. The molecule has 0 saturated carbocycles. The van der Waals surface area contributed by atoms with Crippen LogP contribution in [0.25, 0.3) is 5.57 Å². The van der Waals surface area contributed by atoms with E-state index >= 15 is 0 Å². The first-order valence-corrected chi connectivity index (χ1v) is 6.88. The molecule has 104 valence electrons. The summed E-state index contributed by atoms with van der Waals surface area (Å²) in [5.41, 5.74) is -0.132. The maximum atomic E-state index is 11.0. The lowest BCUT2D eigenvalue weighted by molar-refractivity contribution is -0.131. The molecular weight excluding hydrogens is 275 g/mol. The fourth-order valence-corrected chi connectivity index (χ4v) is 2.19. The Morgan fingerprint density at radius 2 is 2.05 bits per heavy atom. The zero-order valence-electron chi connectivity index (χ0n) is 9.98. The van der Waals surface area contributed by atoms with E-state index < -0.39 is 19.7 Å². The van der Waals surface area contributed by atoms with Gasteiger partial charge in [0, 0.05) is 17.7 Å². The van der Waals surface area contributed by atoms with Crippen LogP contribution in [0.4, 0.5) is 0 Å². The van der Waals surface area contributed by atoms with Crippen molar-refractivity contribution in [2.75, 3.05) is 13.3 Å². The molecule has 7 nitrogen and oxygen atoms in total. The Morgan fingerprint density at radius 1 is 1.42 bits per heavy atom. The van der Waals surface area contributed by atoms with Crippen LogP contribution in [0.15, 0.2) is 24.3 Å². The minimum Gasteiger partial charge on any atom is -0.507 e. The Balaban J connectivity index is 3.26. The highest BCUT2D eigenvalue weighted by Crippen LogP contribution is 2.41. The first kappa shape index (κ1) is 15.2. The van der Waals surface area contributed by atoms with Crippen LogP contribution >= 0.6 is 7.60 Å². The van der Waals surface area contributed by atoms with Crippen LogP contribution < -0.4 is 4.74 Å². The average Bonchev–Trinajstić information content (AvgIpc) is 2.25. The van der Waals surface area contributed by atoms with E-state index in [0.717, 1.165) is 0 Å². The highest BCUT2D eigenvalue weighted by molar-refractivity contribution is 7.52. The Hall–Kier alpha value is -1.82. The number of ether oxygens (including phenoxy) is 1. The van der Waals surface area contributed by atoms with Crippen LogP contribution in [0.3, 0.4) is 0 Å². The van der Waals surface area contributed by atoms with E-state index in [4.69, 9.17) is 19.6 Å². The molecular formula is C11H13O7P. The van der Waals surface area contributed by atoms with Gasteiger partial charge in [0.15, 0.2) is 0 Å². The summed E-state index contributed by atoms with van der Waals surface area (Å²) < 4.78 is 15.8. The van der Waals surface area contributed by atoms with Gasteiger partial charge in [0.1, 0.15) is 11.5 Å². The monoisotopic (exact) mass is 288 g/mol. The van der Waals surface area contributed by atoms with Gasteiger partial charge in [0.25, 0.3) is 0 Å². The summed E-state index contributed by atoms with van der Waals surface area (Å²) >= 11 is 0. The SMILES string of the molecule is COc1ccc(C(=CC(=O)O)CP(=O)(O)O)c(O)c1. The van der Waals surface area contributed by atoms with Crippen molar-refractivity contribution in [1.82, 2.24) is 0 Å². The van der Waals surface area contributed by atoms with Crippen LogP contribution in [0.2, 0.25) is 0 Å². The van der Waals surface area contributed by atoms with Crippen molar-refractivity contribution in [3.05, 3.63) is 29.8 Å². The van der Waals surface area contributed by atoms with Crippen LogP contribution in [0.1, 0.15) is 5.56 Å². The van der Waals surface area contributed by atoms with Gasteiger partial charge in [-0.15, -0.1) is 0 Å². The Morgan fingerprint density at radius 3 is 2.47 bits per heavy atom. The number of methoxy groups -OCH3 is 1. The first-order valence-electron chi connectivity index (χ1n) is 5.08. The highest BCUT2D eigenvalue weighted by atomic mass is 31.2. The van der Waals surface area contributed by atoms with Crippen LogP contribution in [0.5, 0.6) is 11.5 Å². The van der Waals surface area contributed by atoms with E-state index in [-0.39, 0.29) is 16.9 Å². The van der Waals surface area contributed by atoms with Crippen molar-refractivity contribution in [3.8, 4) is 11.5 Å². The van der Waals surface area contributed by atoms with Crippen molar-refractivity contribution in [1.29, 1.82) is 0 Å². The third kappa shape index (κ3) is 4.75. The third-order valence-corrected chi connectivity index (χ3v) is 2.98. The maximum absolute atomic E-state index is 11.0. The van der Waals surface area contributed by atoms with E-state index in [0.29, 0.717) is 11.8 Å². The number of hydrogen-bond donors (Lipinski definition) is 4. The summed E-state index contributed by atoms with van der Waals surface area (Å²) in [6.45, 7) is 0. The minimum absolute atomic E-state index is 0.0338. The molecule has 0 aliphatic carbocycles. The summed E-state index contributed by atoms with van der Waals surface area (Å²) in [7, 11) is -3.07. The van der Waals surface area contributed by atoms with Gasteiger partial charge in [0.05, 0.1) is 13.3 Å². The number of aromatic hydroxyl groups is 1. The van der Waals surface area contributed by atoms with E-state index in [9.17, 15) is 14.5 Å². The number of phenolic OH excluding ortho intramolecular Hbond substituents is 1. The molecule has 0 radical (unpaired) electrons. The molecule has 0 fully saturated rings. The van der Waals surface area contributed by atoms with Gasteiger partial charge in [0.2, 0.25) is 0 Å². The normalized spacial score (nSPS) is 12.3. The van der Waals surface area contributed by atoms with Gasteiger partial charge in [-0.25, -0.2) is 4.79 Å². The fraction of sp³-hybridized carbons (Fsp3) is 0.182. The summed E-state index contributed by atoms with van der Waals surface area (Å²) in [6.07, 6.45) is -0.125. The van der Waals surface area contributed by atoms with Gasteiger partial charge in [-0.3, -0.25) is 4.57 Å². The van der Waals surface area contributed by atoms with Gasteiger partial charge >= 0.3 is 13.6 Å². The summed E-state index contributed by atoms with van der Waals surface area (Å²) in [4.78, 5) is 28.5. The Bertz CT molecular complexity index is 558. The maximum Gasteiger partial charge on any atom is 0.329 e.